The summed E-state index contributed by atoms with van der Waals surface area (Å²) < 4.78 is 40.8. The van der Waals surface area contributed by atoms with Crippen molar-refractivity contribution in [2.45, 2.75) is 63.7 Å². The fourth-order valence-corrected chi connectivity index (χ4v) is 6.21. The second kappa shape index (κ2) is 9.99. The molecular weight excluding hydrogens is 522 g/mol. The maximum Gasteiger partial charge on any atom is 0.410 e. The normalized spacial score (nSPS) is 15.1. The van der Waals surface area contributed by atoms with Crippen molar-refractivity contribution in [2.75, 3.05) is 13.1 Å². The molecule has 0 atom stereocenters. The van der Waals surface area contributed by atoms with Gasteiger partial charge in [-0.3, -0.25) is 4.79 Å². The van der Waals surface area contributed by atoms with Gasteiger partial charge in [-0.1, -0.05) is 18.2 Å². The molecule has 4 heterocycles. The average Bonchev–Trinajstić information content (AvgIpc) is 3.49. The smallest absolute Gasteiger partial charge is 0.410 e. The molecule has 1 amide bonds. The number of hydrogen-bond acceptors (Lipinski definition) is 8. The van der Waals surface area contributed by atoms with Crippen LogP contribution in [-0.4, -0.2) is 62.6 Å². The van der Waals surface area contributed by atoms with Gasteiger partial charge in [0, 0.05) is 37.6 Å². The van der Waals surface area contributed by atoms with E-state index in [0.717, 1.165) is 0 Å². The number of amides is 1. The van der Waals surface area contributed by atoms with Crippen LogP contribution >= 0.6 is 0 Å². The van der Waals surface area contributed by atoms with E-state index < -0.39 is 21.6 Å². The largest absolute Gasteiger partial charge is 0.458 e. The molecule has 0 bridgehead atoms. The molecule has 11 nitrogen and oxygen atoms in total. The van der Waals surface area contributed by atoms with Gasteiger partial charge in [-0.05, 0) is 51.8 Å². The number of pyridine rings is 1. The molecule has 3 aromatic heterocycles. The van der Waals surface area contributed by atoms with Gasteiger partial charge in [0.05, 0.1) is 16.6 Å². The van der Waals surface area contributed by atoms with Crippen molar-refractivity contribution in [3.8, 4) is 0 Å². The van der Waals surface area contributed by atoms with E-state index in [1.807, 2.05) is 25.3 Å². The summed E-state index contributed by atoms with van der Waals surface area (Å²) in [6, 6.07) is 9.83. The highest BCUT2D eigenvalue weighted by atomic mass is 32.2. The lowest BCUT2D eigenvalue weighted by Crippen LogP contribution is -2.42. The Kier molecular flexibility index (Phi) is 6.83. The number of aromatic nitrogens is 4. The number of nitrogens with zero attached hydrogens (tertiary/aromatic N) is 5. The summed E-state index contributed by atoms with van der Waals surface area (Å²) in [5, 5.41) is 0.614. The van der Waals surface area contributed by atoms with Crippen molar-refractivity contribution in [1.82, 2.24) is 23.4 Å². The topological polar surface area (TPSA) is 126 Å². The summed E-state index contributed by atoms with van der Waals surface area (Å²) >= 11 is 0. The van der Waals surface area contributed by atoms with Crippen molar-refractivity contribution in [2.24, 2.45) is 0 Å². The predicted octanol–water partition coefficient (Wildman–Crippen LogP) is 4.26. The lowest BCUT2D eigenvalue weighted by Gasteiger charge is -2.34. The Hall–Kier alpha value is -3.93. The number of carbonyl (C=O) groups is 2. The molecule has 1 saturated heterocycles. The van der Waals surface area contributed by atoms with Gasteiger partial charge in [0.2, 0.25) is 0 Å². The number of hydrogen-bond donors (Lipinski definition) is 0. The van der Waals surface area contributed by atoms with Crippen LogP contribution in [0, 0.1) is 0 Å². The van der Waals surface area contributed by atoms with Gasteiger partial charge < -0.3 is 18.9 Å². The molecule has 12 heteroatoms. The summed E-state index contributed by atoms with van der Waals surface area (Å²) in [6.07, 6.45) is 3.91. The van der Waals surface area contributed by atoms with Crippen molar-refractivity contribution in [3.05, 3.63) is 54.6 Å². The third-order valence-corrected chi connectivity index (χ3v) is 8.27. The standard InChI is InChI=1S/C27H31N5O6S/c1-18(33)37-17-23-29-22-16-28-25-21(12-15-31(25)39(35,36)20-8-6-5-7-9-20)24(22)32(23)19-10-13-30(14-11-19)26(34)38-27(2,3)4/h5-9,12,15-16,19H,10-11,13-14,17H2,1-4H3. The Morgan fingerprint density at radius 3 is 2.41 bits per heavy atom. The van der Waals surface area contributed by atoms with Gasteiger partial charge in [-0.25, -0.2) is 27.2 Å². The summed E-state index contributed by atoms with van der Waals surface area (Å²) in [6.45, 7) is 7.75. The Morgan fingerprint density at radius 1 is 1.08 bits per heavy atom. The molecule has 1 aliphatic heterocycles. The van der Waals surface area contributed by atoms with Crippen LogP contribution in [0.1, 0.15) is 52.4 Å². The number of likely N-dealkylation sites (tertiary alicyclic amines) is 1. The molecule has 0 unspecified atom stereocenters. The van der Waals surface area contributed by atoms with Crippen molar-refractivity contribution in [1.29, 1.82) is 0 Å². The maximum atomic E-state index is 13.4. The highest BCUT2D eigenvalue weighted by molar-refractivity contribution is 7.90. The van der Waals surface area contributed by atoms with E-state index in [4.69, 9.17) is 14.5 Å². The molecule has 1 fully saturated rings. The molecule has 0 aliphatic carbocycles. The molecule has 0 spiro atoms. The van der Waals surface area contributed by atoms with Crippen molar-refractivity contribution in [3.63, 3.8) is 0 Å². The van der Waals surface area contributed by atoms with E-state index in [1.165, 1.54) is 23.3 Å². The first-order valence-corrected chi connectivity index (χ1v) is 14.2. The van der Waals surface area contributed by atoms with Crippen LogP contribution < -0.4 is 0 Å². The van der Waals surface area contributed by atoms with Crippen LogP contribution in [0.4, 0.5) is 4.79 Å². The van der Waals surface area contributed by atoms with Gasteiger partial charge in [-0.2, -0.15) is 0 Å². The molecule has 0 N–H and O–H groups in total. The first kappa shape index (κ1) is 26.7. The second-order valence-corrected chi connectivity index (χ2v) is 12.4. The number of ether oxygens (including phenoxy) is 2. The Morgan fingerprint density at radius 2 is 1.77 bits per heavy atom. The quantitative estimate of drug-likeness (QED) is 0.336. The number of rotatable bonds is 5. The fourth-order valence-electron chi connectivity index (χ4n) is 4.89. The van der Waals surface area contributed by atoms with Crippen LogP contribution in [0.2, 0.25) is 0 Å². The van der Waals surface area contributed by atoms with Crippen LogP contribution in [0.25, 0.3) is 22.1 Å². The number of carbonyl (C=O) groups excluding carboxylic acids is 2. The number of fused-ring (bicyclic) bond motifs is 3. The number of benzene rings is 1. The zero-order valence-electron chi connectivity index (χ0n) is 22.3. The molecule has 39 heavy (non-hydrogen) atoms. The van der Waals surface area contributed by atoms with Crippen molar-refractivity contribution < 1.29 is 27.5 Å². The van der Waals surface area contributed by atoms with Gasteiger partial charge in [-0.15, -0.1) is 0 Å². The monoisotopic (exact) mass is 553 g/mol. The molecule has 1 aromatic carbocycles. The second-order valence-electron chi connectivity index (χ2n) is 10.5. The average molecular weight is 554 g/mol. The Labute approximate surface area is 226 Å². The van der Waals surface area contributed by atoms with Gasteiger partial charge in [0.15, 0.2) is 5.65 Å². The number of imidazole rings is 1. The van der Waals surface area contributed by atoms with Gasteiger partial charge >= 0.3 is 12.1 Å². The predicted molar refractivity (Wildman–Crippen MR) is 144 cm³/mol. The fraction of sp³-hybridized carbons (Fsp3) is 0.407. The van der Waals surface area contributed by atoms with Crippen LogP contribution in [0.5, 0.6) is 0 Å². The summed E-state index contributed by atoms with van der Waals surface area (Å²) in [5.74, 6) is 0.0978. The van der Waals surface area contributed by atoms with E-state index in [-0.39, 0.29) is 29.3 Å². The van der Waals surface area contributed by atoms with Gasteiger partial charge in [0.25, 0.3) is 10.0 Å². The van der Waals surface area contributed by atoms with Gasteiger partial charge in [0.1, 0.15) is 23.5 Å². The zero-order chi connectivity index (χ0) is 27.9. The molecular formula is C27H31N5O6S. The third-order valence-electron chi connectivity index (χ3n) is 6.59. The molecule has 0 radical (unpaired) electrons. The third kappa shape index (κ3) is 5.20. The summed E-state index contributed by atoms with van der Waals surface area (Å²) in [5.41, 5.74) is 0.962. The van der Waals surface area contributed by atoms with E-state index in [2.05, 4.69) is 4.98 Å². The lowest BCUT2D eigenvalue weighted by atomic mass is 10.0. The highest BCUT2D eigenvalue weighted by Gasteiger charge is 2.31. The minimum absolute atomic E-state index is 0.0409. The van der Waals surface area contributed by atoms with Crippen LogP contribution in [-0.2, 0) is 30.9 Å². The molecule has 1 aliphatic rings. The zero-order valence-corrected chi connectivity index (χ0v) is 23.1. The van der Waals surface area contributed by atoms with Crippen LogP contribution in [0.15, 0.2) is 53.7 Å². The first-order valence-electron chi connectivity index (χ1n) is 12.7. The van der Waals surface area contributed by atoms with E-state index >= 15 is 0 Å². The summed E-state index contributed by atoms with van der Waals surface area (Å²) in [4.78, 5) is 35.2. The van der Waals surface area contributed by atoms with Crippen LogP contribution in [0.3, 0.4) is 0 Å². The Bertz CT molecular complexity index is 1640. The molecule has 4 aromatic rings. The minimum atomic E-state index is -3.88. The highest BCUT2D eigenvalue weighted by Crippen LogP contribution is 2.34. The van der Waals surface area contributed by atoms with E-state index in [1.54, 1.807) is 41.3 Å². The minimum Gasteiger partial charge on any atom is -0.458 e. The first-order chi connectivity index (χ1) is 18.5. The SMILES string of the molecule is CC(=O)OCc1nc2cnc3c(ccn3S(=O)(=O)c3ccccc3)c2n1C1CCN(C(=O)OC(C)(C)C)CC1. The maximum absolute atomic E-state index is 13.4. The summed E-state index contributed by atoms with van der Waals surface area (Å²) in [7, 11) is -3.88. The Balaban J connectivity index is 1.56. The van der Waals surface area contributed by atoms with E-state index in [0.29, 0.717) is 48.2 Å². The van der Waals surface area contributed by atoms with E-state index in [9.17, 15) is 18.0 Å². The molecule has 5 rings (SSSR count). The number of esters is 1. The lowest BCUT2D eigenvalue weighted by molar-refractivity contribution is -0.142. The van der Waals surface area contributed by atoms with Crippen molar-refractivity contribution >= 4 is 44.2 Å². The number of piperidine rings is 1. The molecule has 206 valence electrons. The molecule has 0 saturated carbocycles.